The Morgan fingerprint density at radius 3 is 2.52 bits per heavy atom. The minimum Gasteiger partial charge on any atom is -0.490 e. The topological polar surface area (TPSA) is 107 Å². The summed E-state index contributed by atoms with van der Waals surface area (Å²) in [5.74, 6) is 1.00. The number of hydrogen-bond acceptors (Lipinski definition) is 9. The van der Waals surface area contributed by atoms with E-state index in [4.69, 9.17) is 30.5 Å². The monoisotopic (exact) mass is 755 g/mol. The highest BCUT2D eigenvalue weighted by Crippen LogP contribution is 2.49. The molecule has 0 radical (unpaired) electrons. The Balaban J connectivity index is 1.12. The van der Waals surface area contributed by atoms with Crippen LogP contribution in [0.3, 0.4) is 0 Å². The number of anilines is 1. The van der Waals surface area contributed by atoms with Gasteiger partial charge in [0.15, 0.2) is 6.29 Å². The van der Waals surface area contributed by atoms with Crippen molar-refractivity contribution >= 4 is 33.2 Å². The van der Waals surface area contributed by atoms with Crippen LogP contribution in [0, 0.1) is 23.7 Å². The molecule has 6 aliphatic rings. The lowest BCUT2D eigenvalue weighted by atomic mass is 9.64. The van der Waals surface area contributed by atoms with Gasteiger partial charge in [-0.05, 0) is 111 Å². The summed E-state index contributed by atoms with van der Waals surface area (Å²) < 4.78 is 54.9. The van der Waals surface area contributed by atoms with Gasteiger partial charge < -0.3 is 23.8 Å². The van der Waals surface area contributed by atoms with Gasteiger partial charge in [-0.25, -0.2) is 13.1 Å². The van der Waals surface area contributed by atoms with Crippen molar-refractivity contribution in [2.24, 2.45) is 23.7 Å². The number of halogens is 1. The minimum absolute atomic E-state index is 0.130. The van der Waals surface area contributed by atoms with Gasteiger partial charge >= 0.3 is 0 Å². The molecule has 284 valence electrons. The Kier molecular flexibility index (Phi) is 10.3. The number of hydrogen-bond donors (Lipinski definition) is 1. The van der Waals surface area contributed by atoms with E-state index in [9.17, 15) is 13.2 Å². The largest absolute Gasteiger partial charge is 0.490 e. The SMILES string of the molecule is COC1CN([C@H]2CO[C@H]([C@@H]3CCC[C@H](C)[C@@H](C)S(=O)(=O)NC(=O)c4ccc5c(c4)N(C[C@@H]4CC[C@H]43)C[C@@]3(CCCc4cc(Cl)ccc43)CO5)OC2)C1. The standard InChI is InChI=1S/C40H54ClN3O7S/c1-25-6-4-8-34(39-49-21-31(22-50-39)43-19-32(20-43)48-3)33-12-9-29(33)18-44-23-40(15-5-7-27-16-30(41)11-13-35(27)40)24-51-37-14-10-28(17-36(37)44)38(45)42-52(46,47)26(25)2/h10-11,13-14,16-17,25-26,29,31-34,39H,4-9,12,15,18-24H2,1-3H3,(H,42,45)/t25-,26+,29-,31-,33+,34+,39-,40-/m0/s1. The molecule has 1 amide bonds. The molecule has 52 heavy (non-hydrogen) atoms. The first kappa shape index (κ1) is 36.6. The van der Waals surface area contributed by atoms with E-state index in [1.54, 1.807) is 20.1 Å². The molecule has 2 saturated heterocycles. The highest BCUT2D eigenvalue weighted by atomic mass is 35.5. The number of amides is 1. The van der Waals surface area contributed by atoms with Crippen molar-refractivity contribution in [3.8, 4) is 5.75 Å². The van der Waals surface area contributed by atoms with E-state index in [0.29, 0.717) is 37.2 Å². The summed E-state index contributed by atoms with van der Waals surface area (Å²) >= 11 is 6.49. The number of carbonyl (C=O) groups is 1. The van der Waals surface area contributed by atoms with E-state index in [1.165, 1.54) is 11.1 Å². The number of nitrogens with one attached hydrogen (secondary N) is 1. The van der Waals surface area contributed by atoms with Crippen LogP contribution in [-0.2, 0) is 36.1 Å². The summed E-state index contributed by atoms with van der Waals surface area (Å²) in [6.45, 7) is 8.85. The number of ether oxygens (including phenoxy) is 4. The van der Waals surface area contributed by atoms with Crippen molar-refractivity contribution < 1.29 is 32.2 Å². The van der Waals surface area contributed by atoms with E-state index in [1.807, 2.05) is 25.1 Å². The maximum Gasteiger partial charge on any atom is 0.264 e. The lowest BCUT2D eigenvalue weighted by molar-refractivity contribution is -0.251. The van der Waals surface area contributed by atoms with Gasteiger partial charge in [0.2, 0.25) is 10.0 Å². The third-order valence-electron chi connectivity index (χ3n) is 13.5. The molecule has 0 unspecified atom stereocenters. The Morgan fingerprint density at radius 2 is 1.77 bits per heavy atom. The molecule has 10 nitrogen and oxygen atoms in total. The van der Waals surface area contributed by atoms with Crippen LogP contribution in [-0.4, -0.2) is 96.0 Å². The van der Waals surface area contributed by atoms with Gasteiger partial charge in [-0.2, -0.15) is 0 Å². The first-order valence-corrected chi connectivity index (χ1v) is 21.3. The van der Waals surface area contributed by atoms with Crippen molar-refractivity contribution in [1.82, 2.24) is 9.62 Å². The van der Waals surface area contributed by atoms with Crippen LogP contribution in [0.15, 0.2) is 36.4 Å². The Bertz CT molecular complexity index is 1750. The number of aryl methyl sites for hydroxylation is 1. The number of methoxy groups -OCH3 is 1. The fraction of sp³-hybridized carbons (Fsp3) is 0.675. The number of benzene rings is 2. The lowest BCUT2D eigenvalue weighted by Crippen LogP contribution is -2.61. The molecule has 4 heterocycles. The van der Waals surface area contributed by atoms with Crippen LogP contribution in [0.4, 0.5) is 5.69 Å². The smallest absolute Gasteiger partial charge is 0.264 e. The normalized spacial score (nSPS) is 35.6. The minimum atomic E-state index is -3.91. The van der Waals surface area contributed by atoms with E-state index in [0.717, 1.165) is 94.0 Å². The highest BCUT2D eigenvalue weighted by Gasteiger charge is 2.47. The van der Waals surface area contributed by atoms with E-state index < -0.39 is 21.2 Å². The molecule has 12 heteroatoms. The molecule has 8 rings (SSSR count). The van der Waals surface area contributed by atoms with E-state index >= 15 is 0 Å². The molecule has 3 fully saturated rings. The van der Waals surface area contributed by atoms with E-state index in [-0.39, 0.29) is 35.7 Å². The second-order valence-corrected chi connectivity index (χ2v) is 19.0. The van der Waals surface area contributed by atoms with Crippen LogP contribution < -0.4 is 14.4 Å². The molecule has 2 aliphatic carbocycles. The quantitative estimate of drug-likeness (QED) is 0.417. The third kappa shape index (κ3) is 6.99. The Labute approximate surface area is 313 Å². The van der Waals surface area contributed by atoms with Crippen molar-refractivity contribution in [2.45, 2.75) is 94.3 Å². The maximum absolute atomic E-state index is 13.6. The zero-order valence-electron chi connectivity index (χ0n) is 30.7. The number of nitrogens with zero attached hydrogens (tertiary/aromatic N) is 2. The third-order valence-corrected chi connectivity index (χ3v) is 15.6. The summed E-state index contributed by atoms with van der Waals surface area (Å²) in [6.07, 6.45) is 7.72. The molecule has 4 aliphatic heterocycles. The number of likely N-dealkylation sites (tertiary alicyclic amines) is 1. The average molecular weight is 756 g/mol. The van der Waals surface area contributed by atoms with Gasteiger partial charge in [-0.1, -0.05) is 31.0 Å². The van der Waals surface area contributed by atoms with Gasteiger partial charge in [0, 0.05) is 55.2 Å². The van der Waals surface area contributed by atoms with Crippen LogP contribution in [0.2, 0.25) is 5.02 Å². The Morgan fingerprint density at radius 1 is 0.962 bits per heavy atom. The van der Waals surface area contributed by atoms with Gasteiger partial charge in [0.1, 0.15) is 5.75 Å². The number of rotatable bonds is 3. The maximum atomic E-state index is 13.6. The average Bonchev–Trinajstić information content (AvgIpc) is 3.25. The van der Waals surface area contributed by atoms with Crippen LogP contribution in [0.1, 0.15) is 80.3 Å². The summed E-state index contributed by atoms with van der Waals surface area (Å²) in [4.78, 5) is 18.4. The lowest BCUT2D eigenvalue weighted by Gasteiger charge is -2.50. The molecule has 0 aromatic heterocycles. The summed E-state index contributed by atoms with van der Waals surface area (Å²) in [5, 5.41) is 0.0221. The molecular weight excluding hydrogens is 702 g/mol. The zero-order chi connectivity index (χ0) is 36.2. The second-order valence-electron chi connectivity index (χ2n) is 16.5. The Hall–Kier alpha value is -2.41. The van der Waals surface area contributed by atoms with Crippen LogP contribution in [0.25, 0.3) is 0 Å². The molecule has 6 atom stereocenters. The fourth-order valence-corrected chi connectivity index (χ4v) is 11.4. The molecule has 1 saturated carbocycles. The summed E-state index contributed by atoms with van der Waals surface area (Å²) in [6, 6.07) is 11.9. The number of fused-ring (bicyclic) bond motifs is 4. The second kappa shape index (κ2) is 14.7. The number of carbonyl (C=O) groups excluding carboxylic acids is 1. The van der Waals surface area contributed by atoms with E-state index in [2.05, 4.69) is 26.7 Å². The predicted octanol–water partition coefficient (Wildman–Crippen LogP) is 5.80. The molecule has 2 aromatic rings. The van der Waals surface area contributed by atoms with Crippen LogP contribution in [0.5, 0.6) is 5.75 Å². The van der Waals surface area contributed by atoms with Crippen molar-refractivity contribution in [3.63, 3.8) is 0 Å². The van der Waals surface area contributed by atoms with Crippen molar-refractivity contribution in [2.75, 3.05) is 58.0 Å². The first-order valence-electron chi connectivity index (χ1n) is 19.4. The highest BCUT2D eigenvalue weighted by molar-refractivity contribution is 7.90. The fourth-order valence-electron chi connectivity index (χ4n) is 9.86. The molecule has 1 spiro atoms. The van der Waals surface area contributed by atoms with Crippen LogP contribution >= 0.6 is 11.6 Å². The first-order chi connectivity index (χ1) is 25.0. The molecular formula is C40H54ClN3O7S. The van der Waals surface area contributed by atoms with Crippen molar-refractivity contribution in [1.29, 1.82) is 0 Å². The summed E-state index contributed by atoms with van der Waals surface area (Å²) in [5.41, 5.74) is 3.47. The predicted molar refractivity (Wildman–Crippen MR) is 201 cm³/mol. The molecule has 2 bridgehead atoms. The van der Waals surface area contributed by atoms with Gasteiger partial charge in [0.25, 0.3) is 5.91 Å². The van der Waals surface area contributed by atoms with Crippen molar-refractivity contribution in [3.05, 3.63) is 58.1 Å². The zero-order valence-corrected chi connectivity index (χ0v) is 32.3. The van der Waals surface area contributed by atoms with Gasteiger partial charge in [-0.3, -0.25) is 9.69 Å². The van der Waals surface area contributed by atoms with Gasteiger partial charge in [-0.15, -0.1) is 0 Å². The van der Waals surface area contributed by atoms with Gasteiger partial charge in [0.05, 0.1) is 42.9 Å². The molecule has 1 N–H and O–H groups in total. The summed E-state index contributed by atoms with van der Waals surface area (Å²) in [7, 11) is -2.15. The molecule has 2 aromatic carbocycles. The number of sulfonamides is 1.